The minimum atomic E-state index is -0.728. The van der Waals surface area contributed by atoms with Gasteiger partial charge in [0, 0.05) is 42.9 Å². The molecule has 4 rings (SSSR count). The van der Waals surface area contributed by atoms with Gasteiger partial charge in [0.2, 0.25) is 0 Å². The van der Waals surface area contributed by atoms with Gasteiger partial charge in [0.05, 0.1) is 18.6 Å². The van der Waals surface area contributed by atoms with Crippen molar-refractivity contribution in [1.29, 1.82) is 0 Å². The average molecular weight is 434 g/mol. The molecule has 2 aliphatic rings. The van der Waals surface area contributed by atoms with Crippen molar-refractivity contribution < 1.29 is 19.1 Å². The molecule has 0 amide bonds. The quantitative estimate of drug-likeness (QED) is 0.651. The fourth-order valence-electron chi connectivity index (χ4n) is 4.52. The summed E-state index contributed by atoms with van der Waals surface area (Å²) >= 11 is 0. The molecule has 0 fully saturated rings. The molecule has 2 unspecified atom stereocenters. The molecular formula is C25H27N3O4. The highest BCUT2D eigenvalue weighted by atomic mass is 16.5. The summed E-state index contributed by atoms with van der Waals surface area (Å²) < 4.78 is 10.7. The highest BCUT2D eigenvalue weighted by Crippen LogP contribution is 2.39. The van der Waals surface area contributed by atoms with Crippen molar-refractivity contribution in [2.75, 3.05) is 20.3 Å². The molecule has 166 valence electrons. The number of ether oxygens (including phenoxy) is 2. The van der Waals surface area contributed by atoms with E-state index < -0.39 is 23.8 Å². The summed E-state index contributed by atoms with van der Waals surface area (Å²) in [6, 6.07) is 13.8. The zero-order chi connectivity index (χ0) is 22.7. The standard InChI is InChI=1S/C25H27N3O4/c1-16-21(24(29)31-3)23(20-10-6-7-11-26-20)22(17(2)27-16)25(30)32-13-12-28-14-18-8-4-5-9-19(18)15-28/h4-11,21,23H,12-15H2,1-3H3. The first kappa shape index (κ1) is 21.9. The van der Waals surface area contributed by atoms with E-state index in [1.54, 1.807) is 32.2 Å². The third-order valence-corrected chi connectivity index (χ3v) is 6.06. The number of hydrogen-bond acceptors (Lipinski definition) is 7. The Morgan fingerprint density at radius 2 is 1.75 bits per heavy atom. The van der Waals surface area contributed by atoms with Gasteiger partial charge in [-0.3, -0.25) is 19.7 Å². The number of allylic oxidation sites excluding steroid dienone is 1. The molecule has 32 heavy (non-hydrogen) atoms. The van der Waals surface area contributed by atoms with E-state index in [2.05, 4.69) is 27.0 Å². The normalized spacial score (nSPS) is 20.5. The number of carbonyl (C=O) groups is 2. The number of aromatic nitrogens is 1. The van der Waals surface area contributed by atoms with Crippen LogP contribution in [0.25, 0.3) is 0 Å². The van der Waals surface area contributed by atoms with Crippen molar-refractivity contribution in [1.82, 2.24) is 9.88 Å². The number of esters is 2. The van der Waals surface area contributed by atoms with Gasteiger partial charge in [-0.05, 0) is 37.1 Å². The van der Waals surface area contributed by atoms with Crippen molar-refractivity contribution in [3.63, 3.8) is 0 Å². The first-order valence-electron chi connectivity index (χ1n) is 10.7. The van der Waals surface area contributed by atoms with Crippen molar-refractivity contribution in [2.24, 2.45) is 10.9 Å². The number of methoxy groups -OCH3 is 1. The Bertz CT molecular complexity index is 1050. The van der Waals surface area contributed by atoms with Crippen LogP contribution in [0, 0.1) is 5.92 Å². The fourth-order valence-corrected chi connectivity index (χ4v) is 4.52. The summed E-state index contributed by atoms with van der Waals surface area (Å²) in [6.45, 7) is 6.11. The minimum Gasteiger partial charge on any atom is -0.468 e. The smallest absolute Gasteiger partial charge is 0.336 e. The molecule has 0 radical (unpaired) electrons. The van der Waals surface area contributed by atoms with Gasteiger partial charge in [0.1, 0.15) is 12.5 Å². The Hall–Kier alpha value is -3.32. The van der Waals surface area contributed by atoms with Crippen LogP contribution in [0.4, 0.5) is 0 Å². The number of aliphatic imine (C=N–C) groups is 1. The lowest BCUT2D eigenvalue weighted by atomic mass is 9.77. The van der Waals surface area contributed by atoms with Gasteiger partial charge in [-0.25, -0.2) is 4.79 Å². The Balaban J connectivity index is 1.51. The first-order chi connectivity index (χ1) is 15.5. The molecule has 2 aromatic rings. The topological polar surface area (TPSA) is 81.1 Å². The summed E-state index contributed by atoms with van der Waals surface area (Å²) in [7, 11) is 1.34. The Kier molecular flexibility index (Phi) is 6.46. The van der Waals surface area contributed by atoms with Crippen LogP contribution in [0.3, 0.4) is 0 Å². The average Bonchev–Trinajstić information content (AvgIpc) is 3.21. The Labute approximate surface area is 187 Å². The van der Waals surface area contributed by atoms with Crippen LogP contribution in [-0.4, -0.2) is 47.8 Å². The molecule has 0 saturated heterocycles. The lowest BCUT2D eigenvalue weighted by Crippen LogP contribution is -2.37. The zero-order valence-corrected chi connectivity index (χ0v) is 18.6. The molecule has 0 aliphatic carbocycles. The number of carbonyl (C=O) groups excluding carboxylic acids is 2. The van der Waals surface area contributed by atoms with Crippen molar-refractivity contribution in [3.8, 4) is 0 Å². The van der Waals surface area contributed by atoms with E-state index >= 15 is 0 Å². The monoisotopic (exact) mass is 433 g/mol. The van der Waals surface area contributed by atoms with Crippen molar-refractivity contribution in [3.05, 3.63) is 76.8 Å². The van der Waals surface area contributed by atoms with Gasteiger partial charge >= 0.3 is 11.9 Å². The van der Waals surface area contributed by atoms with E-state index in [0.29, 0.717) is 29.2 Å². The van der Waals surface area contributed by atoms with Crippen LogP contribution in [0.5, 0.6) is 0 Å². The van der Waals surface area contributed by atoms with Crippen LogP contribution >= 0.6 is 0 Å². The number of nitrogens with zero attached hydrogens (tertiary/aromatic N) is 3. The number of fused-ring (bicyclic) bond motifs is 1. The molecule has 1 aromatic heterocycles. The predicted molar refractivity (Wildman–Crippen MR) is 120 cm³/mol. The molecule has 2 aliphatic heterocycles. The van der Waals surface area contributed by atoms with E-state index in [-0.39, 0.29) is 6.61 Å². The second-order valence-corrected chi connectivity index (χ2v) is 8.10. The van der Waals surface area contributed by atoms with Crippen molar-refractivity contribution in [2.45, 2.75) is 32.9 Å². The van der Waals surface area contributed by atoms with Gasteiger partial charge in [-0.1, -0.05) is 30.3 Å². The maximum Gasteiger partial charge on any atom is 0.336 e. The first-order valence-corrected chi connectivity index (χ1v) is 10.7. The second-order valence-electron chi connectivity index (χ2n) is 8.10. The predicted octanol–water partition coefficient (Wildman–Crippen LogP) is 3.26. The molecule has 0 spiro atoms. The van der Waals surface area contributed by atoms with E-state index in [9.17, 15) is 9.59 Å². The lowest BCUT2D eigenvalue weighted by molar-refractivity contribution is -0.144. The van der Waals surface area contributed by atoms with Crippen LogP contribution < -0.4 is 0 Å². The molecular weight excluding hydrogens is 406 g/mol. The molecule has 7 heteroatoms. The fraction of sp³-hybridized carbons (Fsp3) is 0.360. The number of hydrogen-bond donors (Lipinski definition) is 0. The van der Waals surface area contributed by atoms with Gasteiger partial charge in [-0.15, -0.1) is 0 Å². The molecule has 1 aromatic carbocycles. The lowest BCUT2D eigenvalue weighted by Gasteiger charge is -2.30. The molecule has 2 atom stereocenters. The summed E-state index contributed by atoms with van der Waals surface area (Å²) in [4.78, 5) is 37.0. The summed E-state index contributed by atoms with van der Waals surface area (Å²) in [5.41, 5.74) is 4.72. The number of rotatable bonds is 6. The van der Waals surface area contributed by atoms with Gasteiger partial charge in [-0.2, -0.15) is 0 Å². The largest absolute Gasteiger partial charge is 0.468 e. The second kappa shape index (κ2) is 9.44. The van der Waals surface area contributed by atoms with Gasteiger partial charge in [0.25, 0.3) is 0 Å². The Morgan fingerprint density at radius 3 is 2.38 bits per heavy atom. The van der Waals surface area contributed by atoms with E-state index in [4.69, 9.17) is 9.47 Å². The highest BCUT2D eigenvalue weighted by molar-refractivity contribution is 6.06. The van der Waals surface area contributed by atoms with Gasteiger partial charge < -0.3 is 9.47 Å². The van der Waals surface area contributed by atoms with E-state index in [1.165, 1.54) is 18.2 Å². The molecule has 0 N–H and O–H groups in total. The molecule has 3 heterocycles. The third-order valence-electron chi connectivity index (χ3n) is 6.06. The summed E-state index contributed by atoms with van der Waals surface area (Å²) in [5, 5.41) is 0. The molecule has 0 saturated carbocycles. The number of benzene rings is 1. The molecule has 0 bridgehead atoms. The maximum atomic E-state index is 13.2. The van der Waals surface area contributed by atoms with E-state index in [0.717, 1.165) is 13.1 Å². The van der Waals surface area contributed by atoms with Crippen LogP contribution in [0.1, 0.15) is 36.6 Å². The summed E-state index contributed by atoms with van der Waals surface area (Å²) in [6.07, 6.45) is 1.65. The SMILES string of the molecule is COC(=O)C1C(C)=NC(C)=C(C(=O)OCCN2Cc3ccccc3C2)C1c1ccccn1. The number of pyridine rings is 1. The minimum absolute atomic E-state index is 0.254. The van der Waals surface area contributed by atoms with Gasteiger partial charge in [0.15, 0.2) is 0 Å². The third kappa shape index (κ3) is 4.34. The van der Waals surface area contributed by atoms with E-state index in [1.807, 2.05) is 18.2 Å². The Morgan fingerprint density at radius 1 is 1.06 bits per heavy atom. The van der Waals surface area contributed by atoms with Crippen LogP contribution in [-0.2, 0) is 32.2 Å². The van der Waals surface area contributed by atoms with Crippen molar-refractivity contribution >= 4 is 17.7 Å². The maximum absolute atomic E-state index is 13.2. The molecule has 7 nitrogen and oxygen atoms in total. The van der Waals surface area contributed by atoms with Crippen LogP contribution in [0.2, 0.25) is 0 Å². The zero-order valence-electron chi connectivity index (χ0n) is 18.6. The summed E-state index contributed by atoms with van der Waals surface area (Å²) in [5.74, 6) is -2.26. The highest BCUT2D eigenvalue weighted by Gasteiger charge is 2.43. The van der Waals surface area contributed by atoms with Crippen LogP contribution in [0.15, 0.2) is 64.9 Å².